The molecule has 4 nitrogen and oxygen atoms in total. The van der Waals surface area contributed by atoms with Gasteiger partial charge in [-0.05, 0) is 42.2 Å². The molecule has 0 radical (unpaired) electrons. The molecule has 1 aliphatic carbocycles. The number of nitrogens with one attached hydrogen (secondary N) is 1. The van der Waals surface area contributed by atoms with E-state index in [2.05, 4.69) is 5.32 Å². The first kappa shape index (κ1) is 15.3. The van der Waals surface area contributed by atoms with Gasteiger partial charge in [0.1, 0.15) is 6.61 Å². The number of para-hydroxylation sites is 1. The zero-order valence-corrected chi connectivity index (χ0v) is 13.0. The van der Waals surface area contributed by atoms with Crippen LogP contribution in [0.4, 0.5) is 5.69 Å². The third-order valence-electron chi connectivity index (χ3n) is 4.04. The lowest BCUT2D eigenvalue weighted by Crippen LogP contribution is -2.12. The molecule has 23 heavy (non-hydrogen) atoms. The van der Waals surface area contributed by atoms with Crippen LogP contribution >= 0.6 is 0 Å². The first-order valence-corrected chi connectivity index (χ1v) is 7.75. The fourth-order valence-corrected chi connectivity index (χ4v) is 2.39. The minimum absolute atomic E-state index is 0.0749. The number of esters is 1. The Hall–Kier alpha value is -2.62. The lowest BCUT2D eigenvalue weighted by molar-refractivity contribution is -0.146. The zero-order chi connectivity index (χ0) is 16.2. The molecule has 2 aromatic rings. The van der Waals surface area contributed by atoms with E-state index in [-0.39, 0.29) is 24.4 Å². The maximum atomic E-state index is 12.1. The van der Waals surface area contributed by atoms with Gasteiger partial charge in [0.05, 0.1) is 5.92 Å². The van der Waals surface area contributed by atoms with E-state index < -0.39 is 0 Å². The van der Waals surface area contributed by atoms with Gasteiger partial charge in [-0.2, -0.15) is 0 Å². The first-order valence-electron chi connectivity index (χ1n) is 7.75. The fraction of sp³-hybridized carbons (Fsp3) is 0.263. The van der Waals surface area contributed by atoms with Gasteiger partial charge in [-0.3, -0.25) is 9.59 Å². The fourth-order valence-electron chi connectivity index (χ4n) is 2.39. The van der Waals surface area contributed by atoms with Crippen LogP contribution in [-0.2, 0) is 16.1 Å². The van der Waals surface area contributed by atoms with Crippen molar-refractivity contribution >= 4 is 17.6 Å². The molecule has 0 heterocycles. The SMILES string of the molecule is C[C@@H]1C[C@@H]1C(=O)OCc1ccc(C(=O)Nc2ccccc2)cc1. The molecule has 3 rings (SSSR count). The summed E-state index contributed by atoms with van der Waals surface area (Å²) in [6.45, 7) is 2.30. The number of hydrogen-bond donors (Lipinski definition) is 1. The average molecular weight is 309 g/mol. The molecular formula is C19H19NO3. The number of carbonyl (C=O) groups is 2. The Balaban J connectivity index is 1.54. The molecule has 4 heteroatoms. The maximum Gasteiger partial charge on any atom is 0.309 e. The minimum Gasteiger partial charge on any atom is -0.461 e. The van der Waals surface area contributed by atoms with E-state index in [1.807, 2.05) is 49.4 Å². The van der Waals surface area contributed by atoms with Gasteiger partial charge >= 0.3 is 5.97 Å². The number of rotatable bonds is 5. The Morgan fingerprint density at radius 2 is 1.74 bits per heavy atom. The first-order chi connectivity index (χ1) is 11.1. The largest absolute Gasteiger partial charge is 0.461 e. The van der Waals surface area contributed by atoms with Crippen molar-refractivity contribution in [2.45, 2.75) is 20.0 Å². The van der Waals surface area contributed by atoms with Crippen LogP contribution in [0.5, 0.6) is 0 Å². The Labute approximate surface area is 135 Å². The molecule has 1 aliphatic rings. The number of carbonyl (C=O) groups excluding carboxylic acids is 2. The molecule has 2 aromatic carbocycles. The molecule has 0 aromatic heterocycles. The third-order valence-corrected chi connectivity index (χ3v) is 4.04. The van der Waals surface area contributed by atoms with Crippen LogP contribution < -0.4 is 5.32 Å². The van der Waals surface area contributed by atoms with E-state index >= 15 is 0 Å². The van der Waals surface area contributed by atoms with E-state index in [0.717, 1.165) is 17.7 Å². The summed E-state index contributed by atoms with van der Waals surface area (Å²) < 4.78 is 5.28. The molecule has 0 bridgehead atoms. The van der Waals surface area contributed by atoms with Crippen LogP contribution in [0.15, 0.2) is 54.6 Å². The summed E-state index contributed by atoms with van der Waals surface area (Å²) in [5.74, 6) is 0.243. The van der Waals surface area contributed by atoms with Crippen LogP contribution in [0.3, 0.4) is 0 Å². The molecule has 2 atom stereocenters. The number of anilines is 1. The van der Waals surface area contributed by atoms with Crippen molar-refractivity contribution in [1.82, 2.24) is 0 Å². The monoisotopic (exact) mass is 309 g/mol. The van der Waals surface area contributed by atoms with E-state index in [1.165, 1.54) is 0 Å². The predicted octanol–water partition coefficient (Wildman–Crippen LogP) is 3.64. The van der Waals surface area contributed by atoms with Gasteiger partial charge in [0.15, 0.2) is 0 Å². The maximum absolute atomic E-state index is 12.1. The summed E-state index contributed by atoms with van der Waals surface area (Å²) in [6.07, 6.45) is 0.928. The van der Waals surface area contributed by atoms with Crippen molar-refractivity contribution in [1.29, 1.82) is 0 Å². The molecule has 0 spiro atoms. The topological polar surface area (TPSA) is 55.4 Å². The second kappa shape index (κ2) is 6.65. The van der Waals surface area contributed by atoms with Crippen molar-refractivity contribution in [2.75, 3.05) is 5.32 Å². The molecule has 0 saturated heterocycles. The van der Waals surface area contributed by atoms with Gasteiger partial charge in [0.2, 0.25) is 0 Å². The molecule has 1 N–H and O–H groups in total. The van der Waals surface area contributed by atoms with Gasteiger partial charge in [-0.1, -0.05) is 37.3 Å². The zero-order valence-electron chi connectivity index (χ0n) is 13.0. The van der Waals surface area contributed by atoms with Crippen molar-refractivity contribution in [3.05, 3.63) is 65.7 Å². The van der Waals surface area contributed by atoms with E-state index in [1.54, 1.807) is 12.1 Å². The Morgan fingerprint density at radius 3 is 2.35 bits per heavy atom. The molecule has 118 valence electrons. The van der Waals surface area contributed by atoms with E-state index in [0.29, 0.717) is 11.5 Å². The van der Waals surface area contributed by atoms with Crippen LogP contribution in [0.25, 0.3) is 0 Å². The second-order valence-electron chi connectivity index (χ2n) is 5.94. The van der Waals surface area contributed by atoms with Crippen LogP contribution in [0.1, 0.15) is 29.3 Å². The summed E-state index contributed by atoms with van der Waals surface area (Å²) in [6, 6.07) is 16.4. The Morgan fingerprint density at radius 1 is 1.09 bits per heavy atom. The number of amides is 1. The highest BCUT2D eigenvalue weighted by Crippen LogP contribution is 2.38. The van der Waals surface area contributed by atoms with Crippen molar-refractivity contribution < 1.29 is 14.3 Å². The lowest BCUT2D eigenvalue weighted by Gasteiger charge is -2.07. The highest BCUT2D eigenvalue weighted by atomic mass is 16.5. The normalized spacial score (nSPS) is 19.0. The summed E-state index contributed by atoms with van der Waals surface area (Å²) in [4.78, 5) is 23.8. The van der Waals surface area contributed by atoms with Crippen LogP contribution in [-0.4, -0.2) is 11.9 Å². The molecule has 1 amide bonds. The standard InChI is InChI=1S/C19H19NO3/c1-13-11-17(13)19(22)23-12-14-7-9-15(10-8-14)18(21)20-16-5-3-2-4-6-16/h2-10,13,17H,11-12H2,1H3,(H,20,21)/t13-,17+/m1/s1. The van der Waals surface area contributed by atoms with Gasteiger partial charge < -0.3 is 10.1 Å². The molecule has 0 unspecified atom stereocenters. The van der Waals surface area contributed by atoms with Gasteiger partial charge in [0.25, 0.3) is 5.91 Å². The van der Waals surface area contributed by atoms with Gasteiger partial charge in [0, 0.05) is 11.3 Å². The second-order valence-corrected chi connectivity index (χ2v) is 5.94. The highest BCUT2D eigenvalue weighted by molar-refractivity contribution is 6.04. The summed E-state index contributed by atoms with van der Waals surface area (Å²) in [7, 11) is 0. The quantitative estimate of drug-likeness (QED) is 0.858. The Bertz CT molecular complexity index is 694. The van der Waals surface area contributed by atoms with Gasteiger partial charge in [-0.15, -0.1) is 0 Å². The average Bonchev–Trinajstić information content (AvgIpc) is 3.31. The van der Waals surface area contributed by atoms with E-state index in [4.69, 9.17) is 4.74 Å². The summed E-state index contributed by atoms with van der Waals surface area (Å²) >= 11 is 0. The smallest absolute Gasteiger partial charge is 0.309 e. The molecular weight excluding hydrogens is 290 g/mol. The summed E-state index contributed by atoms with van der Waals surface area (Å²) in [5, 5.41) is 2.83. The molecule has 1 saturated carbocycles. The molecule has 0 aliphatic heterocycles. The highest BCUT2D eigenvalue weighted by Gasteiger charge is 2.40. The summed E-state index contributed by atoms with van der Waals surface area (Å²) in [5.41, 5.74) is 2.21. The molecule has 1 fully saturated rings. The van der Waals surface area contributed by atoms with E-state index in [9.17, 15) is 9.59 Å². The van der Waals surface area contributed by atoms with Gasteiger partial charge in [-0.25, -0.2) is 0 Å². The number of hydrogen-bond acceptors (Lipinski definition) is 3. The van der Waals surface area contributed by atoms with Crippen LogP contribution in [0, 0.1) is 11.8 Å². The van der Waals surface area contributed by atoms with Crippen molar-refractivity contribution in [3.8, 4) is 0 Å². The lowest BCUT2D eigenvalue weighted by atomic mass is 10.1. The van der Waals surface area contributed by atoms with Crippen LogP contribution in [0.2, 0.25) is 0 Å². The van der Waals surface area contributed by atoms with Crippen molar-refractivity contribution in [3.63, 3.8) is 0 Å². The third kappa shape index (κ3) is 3.97. The predicted molar refractivity (Wildman–Crippen MR) is 87.9 cm³/mol. The minimum atomic E-state index is -0.161. The number of benzene rings is 2. The Kier molecular flexibility index (Phi) is 4.42. The van der Waals surface area contributed by atoms with Crippen molar-refractivity contribution in [2.24, 2.45) is 11.8 Å². The number of ether oxygens (including phenoxy) is 1.